The van der Waals surface area contributed by atoms with Crippen molar-refractivity contribution >= 4 is 17.4 Å². The fourth-order valence-corrected chi connectivity index (χ4v) is 1.48. The van der Waals surface area contributed by atoms with Gasteiger partial charge in [0.2, 0.25) is 0 Å². The lowest BCUT2D eigenvalue weighted by Crippen LogP contribution is -2.41. The zero-order valence-corrected chi connectivity index (χ0v) is 7.99. The minimum atomic E-state index is -3.82. The summed E-state index contributed by atoms with van der Waals surface area (Å²) in [5.41, 5.74) is -1.90. The molecule has 7 heteroatoms. The van der Waals surface area contributed by atoms with Gasteiger partial charge in [-0.05, 0) is 13.3 Å². The summed E-state index contributed by atoms with van der Waals surface area (Å²) in [5, 5.41) is 0. The van der Waals surface area contributed by atoms with E-state index in [1.807, 2.05) is 0 Å². The van der Waals surface area contributed by atoms with Gasteiger partial charge in [0.1, 0.15) is 5.50 Å². The van der Waals surface area contributed by atoms with Crippen molar-refractivity contribution in [2.75, 3.05) is 6.26 Å². The molecule has 0 aromatic heterocycles. The molecule has 0 saturated carbocycles. The van der Waals surface area contributed by atoms with Crippen molar-refractivity contribution in [3.8, 4) is 0 Å². The topological polar surface area (TPSA) is 43.4 Å². The molecule has 0 heterocycles. The van der Waals surface area contributed by atoms with Crippen molar-refractivity contribution < 1.29 is 21.2 Å². The van der Waals surface area contributed by atoms with E-state index in [2.05, 4.69) is 4.18 Å². The Labute approximate surface area is 71.4 Å². The summed E-state index contributed by atoms with van der Waals surface area (Å²) in [6, 6.07) is 0. The Morgan fingerprint density at radius 3 is 2.00 bits per heavy atom. The summed E-state index contributed by atoms with van der Waals surface area (Å²) in [4.78, 5) is 0. The predicted octanol–water partition coefficient (Wildman–Crippen LogP) is 1.10. The van der Waals surface area contributed by atoms with Gasteiger partial charge in [-0.3, -0.25) is 12.8 Å². The predicted molar refractivity (Wildman–Crippen MR) is 42.6 cm³/mol. The van der Waals surface area contributed by atoms with Crippen LogP contribution in [0.25, 0.3) is 0 Å². The minimum absolute atomic E-state index is 0.0578. The molecular weight excluding hydrogens is 189 g/mol. The molecule has 0 fully saturated rings. The van der Waals surface area contributed by atoms with E-state index in [1.165, 1.54) is 6.92 Å². The molecule has 0 radical (unpaired) electrons. The zero-order valence-electron chi connectivity index (χ0n) is 7.17. The minimum Gasteiger partial charge on any atom is -0.283 e. The van der Waals surface area contributed by atoms with Crippen molar-refractivity contribution in [1.82, 2.24) is 0 Å². The molecule has 0 aliphatic heterocycles. The van der Waals surface area contributed by atoms with Crippen LogP contribution in [0.4, 0.5) is 8.63 Å². The Balaban J connectivity index is 4.57. The van der Waals surface area contributed by atoms with Gasteiger partial charge >= 0.3 is 7.27 Å². The Bertz CT molecular complexity index is 241. The van der Waals surface area contributed by atoms with E-state index in [9.17, 15) is 17.0 Å². The molecule has 1 unspecified atom stereocenters. The fraction of sp³-hybridized carbons (Fsp3) is 1.00. The second-order valence-corrected chi connectivity index (χ2v) is 4.33. The first kappa shape index (κ1) is 11.8. The van der Waals surface area contributed by atoms with E-state index >= 15 is 0 Å². The molecule has 0 aliphatic carbocycles. The summed E-state index contributed by atoms with van der Waals surface area (Å²) < 4.78 is 49.8. The molecule has 0 spiro atoms. The molecule has 72 valence electrons. The molecule has 1 atom stereocenters. The van der Waals surface area contributed by atoms with Crippen LogP contribution in [0.3, 0.4) is 0 Å². The van der Waals surface area contributed by atoms with Crippen molar-refractivity contribution in [3.05, 3.63) is 0 Å². The zero-order chi connectivity index (χ0) is 9.99. The third-order valence-electron chi connectivity index (χ3n) is 1.51. The third-order valence-corrected chi connectivity index (χ3v) is 2.19. The normalized spacial score (nSPS) is 17.1. The second kappa shape index (κ2) is 3.70. The van der Waals surface area contributed by atoms with Crippen molar-refractivity contribution in [3.63, 3.8) is 0 Å². The highest BCUT2D eigenvalue weighted by molar-refractivity contribution is 7.86. The number of rotatable bonds is 4. The quantitative estimate of drug-likeness (QED) is 0.504. The van der Waals surface area contributed by atoms with E-state index < -0.39 is 22.9 Å². The van der Waals surface area contributed by atoms with E-state index in [0.29, 0.717) is 0 Å². The van der Waals surface area contributed by atoms with Gasteiger partial charge in [-0.2, -0.15) is 8.42 Å². The average Bonchev–Trinajstić information content (AvgIpc) is 1.83. The summed E-state index contributed by atoms with van der Waals surface area (Å²) in [6.45, 7) is 2.51. The van der Waals surface area contributed by atoms with Crippen LogP contribution in [0.1, 0.15) is 20.3 Å². The van der Waals surface area contributed by atoms with Crippen molar-refractivity contribution in [2.24, 2.45) is 0 Å². The summed E-state index contributed by atoms with van der Waals surface area (Å²) in [5.74, 6) is 0. The lowest BCUT2D eigenvalue weighted by atomic mass is 9.73. The second-order valence-electron chi connectivity index (χ2n) is 2.75. The molecule has 0 N–H and O–H groups in total. The van der Waals surface area contributed by atoms with Crippen molar-refractivity contribution in [2.45, 2.75) is 25.8 Å². The molecule has 0 bridgehead atoms. The van der Waals surface area contributed by atoms with E-state index in [4.69, 9.17) is 0 Å². The van der Waals surface area contributed by atoms with Crippen LogP contribution < -0.4 is 0 Å². The van der Waals surface area contributed by atoms with Crippen LogP contribution in [0, 0.1) is 0 Å². The van der Waals surface area contributed by atoms with Gasteiger partial charge in [0, 0.05) is 0 Å². The van der Waals surface area contributed by atoms with Crippen LogP contribution >= 0.6 is 0 Å². The maximum Gasteiger partial charge on any atom is 0.570 e. The smallest absolute Gasteiger partial charge is 0.283 e. The van der Waals surface area contributed by atoms with Gasteiger partial charge < -0.3 is 0 Å². The van der Waals surface area contributed by atoms with Crippen LogP contribution in [0.2, 0.25) is 0 Å². The fourth-order valence-electron chi connectivity index (χ4n) is 0.595. The number of halogens is 2. The van der Waals surface area contributed by atoms with Crippen LogP contribution in [-0.2, 0) is 14.3 Å². The molecule has 12 heavy (non-hydrogen) atoms. The standard InChI is InChI=1S/C5H11BF2O3S/c1-4-5(2,6(7)8)11-12(3,9)10/h4H2,1-3H3. The van der Waals surface area contributed by atoms with Gasteiger partial charge in [-0.25, -0.2) is 0 Å². The number of hydrogen-bond donors (Lipinski definition) is 0. The maximum absolute atomic E-state index is 12.2. The lowest BCUT2D eigenvalue weighted by molar-refractivity contribution is 0.153. The molecule has 0 rings (SSSR count). The Morgan fingerprint density at radius 1 is 1.50 bits per heavy atom. The molecule has 0 saturated heterocycles. The molecule has 0 aliphatic rings. The molecule has 0 aromatic carbocycles. The molecule has 3 nitrogen and oxygen atoms in total. The Morgan fingerprint density at radius 2 is 1.92 bits per heavy atom. The highest BCUT2D eigenvalue weighted by atomic mass is 32.2. The van der Waals surface area contributed by atoms with Gasteiger partial charge in [0.15, 0.2) is 0 Å². The average molecular weight is 200 g/mol. The Kier molecular flexibility index (Phi) is 3.65. The van der Waals surface area contributed by atoms with Gasteiger partial charge in [0.05, 0.1) is 6.26 Å². The Hall–Kier alpha value is -0.165. The largest absolute Gasteiger partial charge is 0.570 e. The van der Waals surface area contributed by atoms with E-state index in [1.54, 1.807) is 0 Å². The van der Waals surface area contributed by atoms with E-state index in [-0.39, 0.29) is 6.42 Å². The maximum atomic E-state index is 12.2. The van der Waals surface area contributed by atoms with Crippen molar-refractivity contribution in [1.29, 1.82) is 0 Å². The van der Waals surface area contributed by atoms with Gasteiger partial charge in [-0.1, -0.05) is 6.92 Å². The van der Waals surface area contributed by atoms with Gasteiger partial charge in [0.25, 0.3) is 10.1 Å². The SMILES string of the molecule is CCC(C)(OS(C)(=O)=O)B(F)F. The summed E-state index contributed by atoms with van der Waals surface area (Å²) in [7, 11) is -6.63. The molecule has 0 aromatic rings. The van der Waals surface area contributed by atoms with Crippen LogP contribution in [0.15, 0.2) is 0 Å². The summed E-state index contributed by atoms with van der Waals surface area (Å²) >= 11 is 0. The third kappa shape index (κ3) is 3.49. The first-order valence-electron chi connectivity index (χ1n) is 3.40. The van der Waals surface area contributed by atoms with Crippen LogP contribution in [-0.4, -0.2) is 27.4 Å². The first-order valence-corrected chi connectivity index (χ1v) is 5.21. The van der Waals surface area contributed by atoms with Gasteiger partial charge in [-0.15, -0.1) is 0 Å². The van der Waals surface area contributed by atoms with Crippen LogP contribution in [0.5, 0.6) is 0 Å². The monoisotopic (exact) mass is 200 g/mol. The molecular formula is C5H11BF2O3S. The lowest BCUT2D eigenvalue weighted by Gasteiger charge is -2.23. The number of hydrogen-bond acceptors (Lipinski definition) is 3. The summed E-state index contributed by atoms with van der Waals surface area (Å²) in [6.07, 6.45) is 0.695. The highest BCUT2D eigenvalue weighted by Gasteiger charge is 2.43. The first-order chi connectivity index (χ1) is 5.21. The highest BCUT2D eigenvalue weighted by Crippen LogP contribution is 2.22. The van der Waals surface area contributed by atoms with E-state index in [0.717, 1.165) is 13.2 Å². The molecule has 0 amide bonds.